The maximum atomic E-state index is 13.2. The second-order valence-electron chi connectivity index (χ2n) is 7.80. The number of carbonyl (C=O) groups is 1. The normalized spacial score (nSPS) is 28.7. The van der Waals surface area contributed by atoms with Crippen molar-refractivity contribution < 1.29 is 43.1 Å². The molecule has 0 spiro atoms. The fourth-order valence-electron chi connectivity index (χ4n) is 3.98. The van der Waals surface area contributed by atoms with Gasteiger partial charge in [0.25, 0.3) is 0 Å². The van der Waals surface area contributed by atoms with Crippen LogP contribution in [0.25, 0.3) is 0 Å². The maximum absolute atomic E-state index is 13.2. The number of amides is 1. The molecule has 1 fully saturated rings. The predicted molar refractivity (Wildman–Crippen MR) is 118 cm³/mol. The van der Waals surface area contributed by atoms with E-state index in [1.807, 2.05) is 0 Å². The number of ether oxygens (including phenoxy) is 2. The van der Waals surface area contributed by atoms with E-state index in [-0.39, 0.29) is 15.5 Å². The third kappa shape index (κ3) is 4.17. The van der Waals surface area contributed by atoms with Crippen molar-refractivity contribution >= 4 is 27.3 Å². The Morgan fingerprint density at radius 1 is 1.09 bits per heavy atom. The largest absolute Gasteiger partial charge is 0.453 e. The summed E-state index contributed by atoms with van der Waals surface area (Å²) in [6, 6.07) is 12.0. The number of methoxy groups -OCH3 is 1. The van der Waals surface area contributed by atoms with Gasteiger partial charge in [0.1, 0.15) is 24.4 Å². The van der Waals surface area contributed by atoms with Crippen molar-refractivity contribution in [2.75, 3.05) is 23.9 Å². The third-order valence-electron chi connectivity index (χ3n) is 5.76. The van der Waals surface area contributed by atoms with Crippen LogP contribution < -0.4 is 15.5 Å². The minimum atomic E-state index is -3.91. The van der Waals surface area contributed by atoms with Gasteiger partial charge in [-0.2, -0.15) is 0 Å². The van der Waals surface area contributed by atoms with Crippen LogP contribution in [0.4, 0.5) is 16.2 Å². The molecule has 2 aromatic carbocycles. The molecule has 0 bridgehead atoms. The van der Waals surface area contributed by atoms with Crippen LogP contribution >= 0.6 is 0 Å². The van der Waals surface area contributed by atoms with Gasteiger partial charge in [0.2, 0.25) is 9.84 Å². The molecule has 12 nitrogen and oxygen atoms in total. The van der Waals surface area contributed by atoms with Crippen molar-refractivity contribution in [1.82, 2.24) is 5.32 Å². The van der Waals surface area contributed by atoms with Crippen LogP contribution in [-0.2, 0) is 19.3 Å². The number of sulfone groups is 1. The molecule has 0 saturated carbocycles. The van der Waals surface area contributed by atoms with Gasteiger partial charge in [0.05, 0.1) is 34.9 Å². The number of alkyl carbamates (subject to hydrolysis) is 1. The Labute approximate surface area is 195 Å². The number of fused-ring (bicyclic) bond motifs is 1. The average Bonchev–Trinajstić information content (AvgIpc) is 3.20. The van der Waals surface area contributed by atoms with E-state index in [4.69, 9.17) is 4.74 Å². The average molecular weight is 496 g/mol. The molecule has 4 rings (SSSR count). The Kier molecular flexibility index (Phi) is 6.66. The molecule has 184 valence electrons. The highest BCUT2D eigenvalue weighted by Gasteiger charge is 2.49. The highest BCUT2D eigenvalue weighted by molar-refractivity contribution is 7.91. The molecule has 1 amide bonds. The van der Waals surface area contributed by atoms with Crippen LogP contribution in [0, 0.1) is 0 Å². The SMILES string of the molecule is COC(=O)NC1Nc2ccc(S(=O)(=O)c3ccccc3)cc2N1C1OC(CO)C(O)C(O)C1O. The van der Waals surface area contributed by atoms with E-state index in [2.05, 4.69) is 15.4 Å². The topological polar surface area (TPSA) is 178 Å². The van der Waals surface area contributed by atoms with Gasteiger partial charge >= 0.3 is 6.09 Å². The van der Waals surface area contributed by atoms with Gasteiger partial charge in [0, 0.05) is 0 Å². The second-order valence-corrected chi connectivity index (χ2v) is 9.75. The summed E-state index contributed by atoms with van der Waals surface area (Å²) in [5.74, 6) is 0. The van der Waals surface area contributed by atoms with E-state index in [1.165, 1.54) is 35.2 Å². The van der Waals surface area contributed by atoms with Crippen LogP contribution in [-0.4, -0.2) is 85.6 Å². The lowest BCUT2D eigenvalue weighted by atomic mass is 9.97. The van der Waals surface area contributed by atoms with E-state index in [1.54, 1.807) is 18.2 Å². The highest BCUT2D eigenvalue weighted by atomic mass is 32.2. The second kappa shape index (κ2) is 9.37. The predicted octanol–water partition coefficient (Wildman–Crippen LogP) is -0.809. The molecule has 34 heavy (non-hydrogen) atoms. The number of aliphatic hydroxyl groups is 4. The van der Waals surface area contributed by atoms with Crippen molar-refractivity contribution in [2.45, 2.75) is 46.7 Å². The van der Waals surface area contributed by atoms with Gasteiger partial charge in [-0.05, 0) is 30.3 Å². The minimum absolute atomic E-state index is 0.0624. The lowest BCUT2D eigenvalue weighted by Crippen LogP contribution is -2.66. The summed E-state index contributed by atoms with van der Waals surface area (Å²) >= 11 is 0. The standard InChI is InChI=1S/C21H25N3O9S/c1-32-21(29)23-20-22-13-8-7-12(34(30,31)11-5-3-2-4-6-11)9-14(13)24(20)19-18(28)17(27)16(26)15(10-25)33-19/h2-9,15-20,22,25-28H,10H2,1H3,(H,23,29). The fraction of sp³-hybridized carbons (Fsp3) is 0.381. The first-order chi connectivity index (χ1) is 16.2. The van der Waals surface area contributed by atoms with E-state index in [0.29, 0.717) is 5.69 Å². The number of hydrogen-bond donors (Lipinski definition) is 6. The molecule has 0 aromatic heterocycles. The number of benzene rings is 2. The van der Waals surface area contributed by atoms with Gasteiger partial charge in [-0.1, -0.05) is 18.2 Å². The van der Waals surface area contributed by atoms with Crippen molar-refractivity contribution in [3.05, 3.63) is 48.5 Å². The van der Waals surface area contributed by atoms with E-state index in [9.17, 15) is 33.6 Å². The summed E-state index contributed by atoms with van der Waals surface area (Å²) in [5.41, 5.74) is 0.619. The Morgan fingerprint density at radius 2 is 1.79 bits per heavy atom. The summed E-state index contributed by atoms with van der Waals surface area (Å²) in [7, 11) is -2.75. The quantitative estimate of drug-likeness (QED) is 0.306. The Bertz CT molecular complexity index is 1150. The number of carbonyl (C=O) groups excluding carboxylic acids is 1. The van der Waals surface area contributed by atoms with E-state index < -0.39 is 59.5 Å². The number of hydrogen-bond acceptors (Lipinski definition) is 11. The lowest BCUT2D eigenvalue weighted by molar-refractivity contribution is -0.229. The number of anilines is 2. The van der Waals surface area contributed by atoms with Crippen molar-refractivity contribution in [3.63, 3.8) is 0 Å². The Hall–Kier alpha value is -2.94. The molecule has 2 aliphatic heterocycles. The molecule has 2 aromatic rings. The highest BCUT2D eigenvalue weighted by Crippen LogP contribution is 2.40. The first-order valence-electron chi connectivity index (χ1n) is 10.3. The first-order valence-corrected chi connectivity index (χ1v) is 11.8. The molecular weight excluding hydrogens is 470 g/mol. The van der Waals surface area contributed by atoms with Gasteiger partial charge in [-0.3, -0.25) is 5.32 Å². The monoisotopic (exact) mass is 495 g/mol. The number of nitrogens with zero attached hydrogens (tertiary/aromatic N) is 1. The molecule has 6 unspecified atom stereocenters. The molecule has 1 saturated heterocycles. The molecule has 6 atom stereocenters. The van der Waals surface area contributed by atoms with Crippen LogP contribution in [0.5, 0.6) is 0 Å². The molecule has 2 aliphatic rings. The molecule has 2 heterocycles. The summed E-state index contributed by atoms with van der Waals surface area (Å²) < 4.78 is 36.6. The molecule has 0 aliphatic carbocycles. The Balaban J connectivity index is 1.78. The van der Waals surface area contributed by atoms with Crippen molar-refractivity contribution in [3.8, 4) is 0 Å². The smallest absolute Gasteiger partial charge is 0.409 e. The van der Waals surface area contributed by atoms with Gasteiger partial charge in [0.15, 0.2) is 12.5 Å². The Morgan fingerprint density at radius 3 is 2.44 bits per heavy atom. The third-order valence-corrected chi connectivity index (χ3v) is 7.53. The number of nitrogens with one attached hydrogen (secondary N) is 2. The van der Waals surface area contributed by atoms with Crippen molar-refractivity contribution in [2.24, 2.45) is 0 Å². The lowest BCUT2D eigenvalue weighted by Gasteiger charge is -2.45. The van der Waals surface area contributed by atoms with E-state index in [0.717, 1.165) is 7.11 Å². The summed E-state index contributed by atoms with van der Waals surface area (Å²) in [5, 5.41) is 46.1. The summed E-state index contributed by atoms with van der Waals surface area (Å²) in [6.07, 6.45) is -9.49. The maximum Gasteiger partial charge on any atom is 0.409 e. The van der Waals surface area contributed by atoms with Crippen LogP contribution in [0.3, 0.4) is 0 Å². The number of aliphatic hydroxyl groups excluding tert-OH is 4. The zero-order chi connectivity index (χ0) is 24.6. The molecular formula is C21H25N3O9S. The first kappa shape index (κ1) is 24.2. The van der Waals surface area contributed by atoms with Crippen LogP contribution in [0.2, 0.25) is 0 Å². The number of rotatable bonds is 5. The van der Waals surface area contributed by atoms with Gasteiger partial charge in [-0.15, -0.1) is 0 Å². The zero-order valence-electron chi connectivity index (χ0n) is 18.0. The van der Waals surface area contributed by atoms with Gasteiger partial charge < -0.3 is 40.1 Å². The molecule has 13 heteroatoms. The zero-order valence-corrected chi connectivity index (χ0v) is 18.8. The van der Waals surface area contributed by atoms with Crippen LogP contribution in [0.1, 0.15) is 0 Å². The van der Waals surface area contributed by atoms with E-state index >= 15 is 0 Å². The van der Waals surface area contributed by atoms with Crippen molar-refractivity contribution in [1.29, 1.82) is 0 Å². The fourth-order valence-corrected chi connectivity index (χ4v) is 5.28. The molecule has 0 radical (unpaired) electrons. The minimum Gasteiger partial charge on any atom is -0.453 e. The summed E-state index contributed by atoms with van der Waals surface area (Å²) in [6.45, 7) is -0.660. The van der Waals surface area contributed by atoms with Gasteiger partial charge in [-0.25, -0.2) is 13.2 Å². The van der Waals surface area contributed by atoms with Crippen LogP contribution in [0.15, 0.2) is 58.3 Å². The molecule has 6 N–H and O–H groups in total. The summed E-state index contributed by atoms with van der Waals surface area (Å²) in [4.78, 5) is 13.3.